The quantitative estimate of drug-likeness (QED) is 0.261. The molecule has 0 aliphatic rings. The van der Waals surface area contributed by atoms with E-state index in [1.165, 1.54) is 36.4 Å². The second-order valence-corrected chi connectivity index (χ2v) is 11.3. The zero-order chi connectivity index (χ0) is 25.5. The van der Waals surface area contributed by atoms with Crippen LogP contribution in [-0.4, -0.2) is 23.9 Å². The Morgan fingerprint density at radius 1 is 1.09 bits per heavy atom. The van der Waals surface area contributed by atoms with E-state index < -0.39 is 26.5 Å². The molecule has 0 saturated carbocycles. The standard InChI is InChI=1S/C21H14Cl2N4O6S2/c1-11-2-4-13-14(8-11)17(27(30)31)10-26(20(13)28)16-5-3-12(9-15(16)22)24-21(29)25-35(32,33)19-7-6-18(23)34-19/h2-10H,1H3,(H2,24,25,29). The van der Waals surface area contributed by atoms with Crippen LogP contribution in [0.15, 0.2) is 63.7 Å². The summed E-state index contributed by atoms with van der Waals surface area (Å²) in [5, 5.41) is 14.3. The van der Waals surface area contributed by atoms with Crippen molar-refractivity contribution in [2.75, 3.05) is 5.32 Å². The molecule has 35 heavy (non-hydrogen) atoms. The van der Waals surface area contributed by atoms with Crippen LogP contribution in [0.1, 0.15) is 5.56 Å². The van der Waals surface area contributed by atoms with Crippen molar-refractivity contribution < 1.29 is 18.1 Å². The fourth-order valence-electron chi connectivity index (χ4n) is 3.31. The Kier molecular flexibility index (Phi) is 6.56. The highest BCUT2D eigenvalue weighted by molar-refractivity contribution is 7.92. The second-order valence-electron chi connectivity index (χ2n) is 7.28. The molecular weight excluding hydrogens is 539 g/mol. The Morgan fingerprint density at radius 2 is 1.83 bits per heavy atom. The normalized spacial score (nSPS) is 11.4. The summed E-state index contributed by atoms with van der Waals surface area (Å²) in [6.45, 7) is 1.76. The lowest BCUT2D eigenvalue weighted by molar-refractivity contribution is -0.383. The molecule has 180 valence electrons. The van der Waals surface area contributed by atoms with Gasteiger partial charge >= 0.3 is 6.03 Å². The Morgan fingerprint density at radius 3 is 2.46 bits per heavy atom. The molecule has 4 aromatic rings. The van der Waals surface area contributed by atoms with Crippen molar-refractivity contribution in [1.82, 2.24) is 9.29 Å². The summed E-state index contributed by atoms with van der Waals surface area (Å²) in [5.74, 6) is 0. The number of hydrogen-bond acceptors (Lipinski definition) is 7. The average Bonchev–Trinajstić information content (AvgIpc) is 3.21. The van der Waals surface area contributed by atoms with Gasteiger partial charge in [-0.3, -0.25) is 19.5 Å². The summed E-state index contributed by atoms with van der Waals surface area (Å²) in [7, 11) is -4.13. The average molecular weight is 553 g/mol. The molecule has 2 N–H and O–H groups in total. The van der Waals surface area contributed by atoms with Crippen LogP contribution in [0.4, 0.5) is 16.2 Å². The molecule has 0 atom stereocenters. The number of amides is 2. The first-order valence-electron chi connectivity index (χ1n) is 9.66. The molecule has 0 spiro atoms. The number of rotatable bonds is 5. The highest BCUT2D eigenvalue weighted by Crippen LogP contribution is 2.29. The monoisotopic (exact) mass is 552 g/mol. The summed E-state index contributed by atoms with van der Waals surface area (Å²) in [6, 6.07) is 10.4. The smallest absolute Gasteiger partial charge is 0.307 e. The Hall–Kier alpha value is -3.45. The summed E-state index contributed by atoms with van der Waals surface area (Å²) in [5.41, 5.74) is 0.212. The maximum absolute atomic E-state index is 13.0. The number of carbonyl (C=O) groups is 1. The van der Waals surface area contributed by atoms with E-state index in [0.29, 0.717) is 0 Å². The molecule has 0 bridgehead atoms. The van der Waals surface area contributed by atoms with Gasteiger partial charge in [0, 0.05) is 5.69 Å². The number of fused-ring (bicyclic) bond motifs is 1. The number of carbonyl (C=O) groups excluding carboxylic acids is 1. The number of nitro groups is 1. The largest absolute Gasteiger partial charge is 0.333 e. The van der Waals surface area contributed by atoms with Gasteiger partial charge in [0.05, 0.1) is 36.9 Å². The molecule has 2 amide bonds. The van der Waals surface area contributed by atoms with Gasteiger partial charge in [0.1, 0.15) is 4.21 Å². The van der Waals surface area contributed by atoms with Crippen LogP contribution in [0.2, 0.25) is 9.36 Å². The number of nitrogens with zero attached hydrogens (tertiary/aromatic N) is 2. The molecule has 0 saturated heterocycles. The van der Waals surface area contributed by atoms with Gasteiger partial charge < -0.3 is 5.32 Å². The van der Waals surface area contributed by atoms with E-state index in [9.17, 15) is 28.1 Å². The number of thiophene rings is 1. The van der Waals surface area contributed by atoms with E-state index in [2.05, 4.69) is 5.32 Å². The van der Waals surface area contributed by atoms with Gasteiger partial charge in [-0.05, 0) is 49.4 Å². The number of anilines is 1. The van der Waals surface area contributed by atoms with E-state index in [1.54, 1.807) is 19.1 Å². The van der Waals surface area contributed by atoms with Crippen molar-refractivity contribution in [3.8, 4) is 5.69 Å². The van der Waals surface area contributed by atoms with Gasteiger partial charge in [0.25, 0.3) is 21.3 Å². The van der Waals surface area contributed by atoms with Crippen LogP contribution in [0, 0.1) is 17.0 Å². The highest BCUT2D eigenvalue weighted by Gasteiger charge is 2.21. The van der Waals surface area contributed by atoms with Gasteiger partial charge in [0.15, 0.2) is 0 Å². The van der Waals surface area contributed by atoms with Gasteiger partial charge in [-0.2, -0.15) is 0 Å². The number of urea groups is 1. The molecule has 14 heteroatoms. The van der Waals surface area contributed by atoms with E-state index >= 15 is 0 Å². The van der Waals surface area contributed by atoms with Gasteiger partial charge in [-0.1, -0.05) is 34.8 Å². The molecule has 0 aliphatic carbocycles. The van der Waals surface area contributed by atoms with Crippen molar-refractivity contribution in [3.05, 3.63) is 90.1 Å². The Bertz CT molecular complexity index is 1680. The van der Waals surface area contributed by atoms with Crippen molar-refractivity contribution in [2.45, 2.75) is 11.1 Å². The third-order valence-corrected chi connectivity index (χ3v) is 8.21. The predicted octanol–water partition coefficient (Wildman–Crippen LogP) is 5.09. The van der Waals surface area contributed by atoms with E-state index in [1.807, 2.05) is 4.72 Å². The van der Waals surface area contributed by atoms with Crippen LogP contribution in [0.3, 0.4) is 0 Å². The first-order valence-corrected chi connectivity index (χ1v) is 12.7. The summed E-state index contributed by atoms with van der Waals surface area (Å²) in [6.07, 6.45) is 1.09. The SMILES string of the molecule is Cc1ccc2c(=O)n(-c3ccc(NC(=O)NS(=O)(=O)c4ccc(Cl)s4)cc3Cl)cc([N+](=O)[O-])c2c1. The first-order chi connectivity index (χ1) is 16.5. The van der Waals surface area contributed by atoms with Gasteiger partial charge in [-0.15, -0.1) is 11.3 Å². The number of nitrogens with one attached hydrogen (secondary N) is 2. The lowest BCUT2D eigenvalue weighted by atomic mass is 10.1. The van der Waals surface area contributed by atoms with Crippen LogP contribution >= 0.6 is 34.5 Å². The van der Waals surface area contributed by atoms with Crippen molar-refractivity contribution >= 4 is 72.7 Å². The molecule has 2 aromatic carbocycles. The molecule has 10 nitrogen and oxygen atoms in total. The molecule has 0 fully saturated rings. The van der Waals surface area contributed by atoms with E-state index in [-0.39, 0.29) is 41.4 Å². The Labute approximate surface area is 211 Å². The molecular formula is C21H14Cl2N4O6S2. The maximum Gasteiger partial charge on any atom is 0.333 e. The number of hydrogen-bond donors (Lipinski definition) is 2. The molecule has 0 radical (unpaired) electrons. The van der Waals surface area contributed by atoms with Gasteiger partial charge in [0.2, 0.25) is 0 Å². The van der Waals surface area contributed by atoms with Crippen molar-refractivity contribution in [1.29, 1.82) is 0 Å². The summed E-state index contributed by atoms with van der Waals surface area (Å²) >= 11 is 12.9. The van der Waals surface area contributed by atoms with Crippen LogP contribution < -0.4 is 15.6 Å². The number of sulfonamides is 1. The number of pyridine rings is 1. The van der Waals surface area contributed by atoms with Gasteiger partial charge in [-0.25, -0.2) is 17.9 Å². The zero-order valence-corrected chi connectivity index (χ0v) is 20.8. The molecule has 0 aliphatic heterocycles. The lowest BCUT2D eigenvalue weighted by Crippen LogP contribution is -2.33. The Balaban J connectivity index is 1.65. The number of aromatic nitrogens is 1. The predicted molar refractivity (Wildman–Crippen MR) is 135 cm³/mol. The summed E-state index contributed by atoms with van der Waals surface area (Å²) in [4.78, 5) is 36.3. The highest BCUT2D eigenvalue weighted by atomic mass is 35.5. The van der Waals surface area contributed by atoms with Crippen LogP contribution in [0.25, 0.3) is 16.5 Å². The third kappa shape index (κ3) is 5.00. The minimum Gasteiger partial charge on any atom is -0.307 e. The number of halogens is 2. The molecule has 2 heterocycles. The number of benzene rings is 2. The molecule has 2 aromatic heterocycles. The zero-order valence-electron chi connectivity index (χ0n) is 17.6. The maximum atomic E-state index is 13.0. The molecule has 4 rings (SSSR count). The molecule has 0 unspecified atom stereocenters. The van der Waals surface area contributed by atoms with Crippen molar-refractivity contribution in [3.63, 3.8) is 0 Å². The van der Waals surface area contributed by atoms with E-state index in [0.717, 1.165) is 27.7 Å². The van der Waals surface area contributed by atoms with E-state index in [4.69, 9.17) is 23.2 Å². The topological polar surface area (TPSA) is 140 Å². The third-order valence-electron chi connectivity index (χ3n) is 4.85. The van der Waals surface area contributed by atoms with Crippen LogP contribution in [-0.2, 0) is 10.0 Å². The second kappa shape index (κ2) is 9.30. The fraction of sp³-hybridized carbons (Fsp3) is 0.0476. The lowest BCUT2D eigenvalue weighted by Gasteiger charge is -2.12. The summed E-state index contributed by atoms with van der Waals surface area (Å²) < 4.78 is 27.5. The van der Waals surface area contributed by atoms with Crippen LogP contribution in [0.5, 0.6) is 0 Å². The minimum absolute atomic E-state index is 0.0152. The minimum atomic E-state index is -4.13. The fourth-order valence-corrected chi connectivity index (χ4v) is 5.97. The number of aryl methyl sites for hydroxylation is 1. The first kappa shape index (κ1) is 24.7. The van der Waals surface area contributed by atoms with Crippen molar-refractivity contribution in [2.24, 2.45) is 0 Å².